The Hall–Kier alpha value is -3.00. The standard InChI is InChI=1S/C27H41N3O5/c1-20(22(3)31)8-5-6-14-29-26(33)9-7-15-35-19-27(34)30-18-24-12-10-23(11-13-24)17-25(32)16-21(2)28-4/h10-13,16,20,28H,5-9,14-15,17-19H2,1-4H3,(H,29,33)(H,30,34)/b21-16-. The zero-order valence-electron chi connectivity index (χ0n) is 21.6. The summed E-state index contributed by atoms with van der Waals surface area (Å²) in [4.78, 5) is 46.9. The van der Waals surface area contributed by atoms with Gasteiger partial charge >= 0.3 is 0 Å². The fourth-order valence-corrected chi connectivity index (χ4v) is 3.19. The molecule has 0 heterocycles. The molecule has 0 aliphatic heterocycles. The topological polar surface area (TPSA) is 114 Å². The van der Waals surface area contributed by atoms with Gasteiger partial charge in [-0.15, -0.1) is 0 Å². The minimum Gasteiger partial charge on any atom is -0.392 e. The van der Waals surface area contributed by atoms with Crippen molar-refractivity contribution < 1.29 is 23.9 Å². The zero-order valence-corrected chi connectivity index (χ0v) is 21.6. The van der Waals surface area contributed by atoms with Crippen molar-refractivity contribution in [2.75, 3.05) is 26.8 Å². The smallest absolute Gasteiger partial charge is 0.246 e. The van der Waals surface area contributed by atoms with Gasteiger partial charge in [-0.3, -0.25) is 19.2 Å². The SMILES string of the molecule is CN/C(C)=C\C(=O)Cc1ccc(CNC(=O)COCCCC(=O)NCCCCC(C)C(C)=O)cc1. The van der Waals surface area contributed by atoms with Crippen LogP contribution in [-0.2, 0) is 36.9 Å². The average molecular weight is 488 g/mol. The number of Topliss-reactive ketones (excluding diaryl/α,β-unsaturated/α-hetero) is 1. The van der Waals surface area contributed by atoms with E-state index in [-0.39, 0.29) is 35.9 Å². The molecule has 0 spiro atoms. The molecule has 1 aromatic carbocycles. The number of hydrogen-bond acceptors (Lipinski definition) is 6. The highest BCUT2D eigenvalue weighted by atomic mass is 16.5. The maximum Gasteiger partial charge on any atom is 0.246 e. The first-order chi connectivity index (χ1) is 16.7. The molecule has 0 saturated carbocycles. The second kappa shape index (κ2) is 17.4. The van der Waals surface area contributed by atoms with Crippen LogP contribution in [0.25, 0.3) is 0 Å². The third kappa shape index (κ3) is 14.8. The van der Waals surface area contributed by atoms with Gasteiger partial charge in [0.15, 0.2) is 5.78 Å². The minimum atomic E-state index is -0.221. The van der Waals surface area contributed by atoms with Gasteiger partial charge in [0.05, 0.1) is 0 Å². The van der Waals surface area contributed by atoms with Crippen molar-refractivity contribution in [3.05, 3.63) is 47.2 Å². The molecular weight excluding hydrogens is 446 g/mol. The molecule has 0 fully saturated rings. The predicted molar refractivity (Wildman–Crippen MR) is 137 cm³/mol. The number of allylic oxidation sites excluding steroid dienone is 2. The van der Waals surface area contributed by atoms with Gasteiger partial charge in [0.25, 0.3) is 0 Å². The highest BCUT2D eigenvalue weighted by Crippen LogP contribution is 2.08. The van der Waals surface area contributed by atoms with E-state index in [4.69, 9.17) is 4.74 Å². The number of amides is 2. The van der Waals surface area contributed by atoms with Gasteiger partial charge in [-0.2, -0.15) is 0 Å². The van der Waals surface area contributed by atoms with Crippen LogP contribution in [-0.4, -0.2) is 50.2 Å². The molecule has 1 unspecified atom stereocenters. The fraction of sp³-hybridized carbons (Fsp3) is 0.556. The first kappa shape index (κ1) is 30.0. The summed E-state index contributed by atoms with van der Waals surface area (Å²) in [5.41, 5.74) is 2.67. The number of ether oxygens (including phenoxy) is 1. The van der Waals surface area contributed by atoms with Gasteiger partial charge < -0.3 is 20.7 Å². The van der Waals surface area contributed by atoms with Gasteiger partial charge in [0.1, 0.15) is 12.4 Å². The van der Waals surface area contributed by atoms with E-state index in [1.165, 1.54) is 0 Å². The Balaban J connectivity index is 2.11. The van der Waals surface area contributed by atoms with Crippen molar-refractivity contribution in [1.29, 1.82) is 0 Å². The molecule has 2 amide bonds. The van der Waals surface area contributed by atoms with Crippen molar-refractivity contribution in [3.8, 4) is 0 Å². The third-order valence-electron chi connectivity index (χ3n) is 5.67. The Morgan fingerprint density at radius 3 is 2.29 bits per heavy atom. The van der Waals surface area contributed by atoms with E-state index in [0.717, 1.165) is 36.1 Å². The normalized spacial score (nSPS) is 12.1. The summed E-state index contributed by atoms with van der Waals surface area (Å²) in [6.07, 6.45) is 5.43. The molecule has 0 radical (unpaired) electrons. The van der Waals surface area contributed by atoms with E-state index < -0.39 is 0 Å². The summed E-state index contributed by atoms with van der Waals surface area (Å²) in [5, 5.41) is 8.59. The van der Waals surface area contributed by atoms with Crippen molar-refractivity contribution in [2.24, 2.45) is 5.92 Å². The van der Waals surface area contributed by atoms with Crippen molar-refractivity contribution >= 4 is 23.4 Å². The molecule has 0 bridgehead atoms. The Labute approximate surface area is 209 Å². The molecule has 1 atom stereocenters. The van der Waals surface area contributed by atoms with E-state index >= 15 is 0 Å². The summed E-state index contributed by atoms with van der Waals surface area (Å²) >= 11 is 0. The largest absolute Gasteiger partial charge is 0.392 e. The first-order valence-corrected chi connectivity index (χ1v) is 12.3. The van der Waals surface area contributed by atoms with E-state index in [1.807, 2.05) is 38.1 Å². The van der Waals surface area contributed by atoms with Crippen LogP contribution < -0.4 is 16.0 Å². The lowest BCUT2D eigenvalue weighted by Gasteiger charge is -2.09. The number of carbonyl (C=O) groups is 4. The van der Waals surface area contributed by atoms with E-state index in [1.54, 1.807) is 20.0 Å². The van der Waals surface area contributed by atoms with Gasteiger partial charge in [-0.1, -0.05) is 37.6 Å². The lowest BCUT2D eigenvalue weighted by Crippen LogP contribution is -2.27. The molecule has 1 aromatic rings. The maximum atomic E-state index is 12.0. The van der Waals surface area contributed by atoms with Gasteiger partial charge in [0.2, 0.25) is 11.8 Å². The minimum absolute atomic E-state index is 0.0309. The Bertz CT molecular complexity index is 849. The second-order valence-electron chi connectivity index (χ2n) is 8.83. The molecule has 0 aliphatic rings. The summed E-state index contributed by atoms with van der Waals surface area (Å²) in [5.74, 6) is 0.0635. The number of unbranched alkanes of at least 4 members (excludes halogenated alkanes) is 1. The third-order valence-corrected chi connectivity index (χ3v) is 5.67. The number of carbonyl (C=O) groups excluding carboxylic acids is 4. The van der Waals surface area contributed by atoms with Crippen molar-refractivity contribution in [2.45, 2.75) is 65.8 Å². The first-order valence-electron chi connectivity index (χ1n) is 12.3. The lowest BCUT2D eigenvalue weighted by atomic mass is 10.0. The molecule has 0 saturated heterocycles. The molecule has 35 heavy (non-hydrogen) atoms. The summed E-state index contributed by atoms with van der Waals surface area (Å²) < 4.78 is 5.36. The van der Waals surface area contributed by atoms with Crippen LogP contribution in [0.4, 0.5) is 0 Å². The molecular formula is C27H41N3O5. The molecule has 194 valence electrons. The maximum absolute atomic E-state index is 12.0. The van der Waals surface area contributed by atoms with Crippen LogP contribution >= 0.6 is 0 Å². The van der Waals surface area contributed by atoms with Crippen LogP contribution in [0.15, 0.2) is 36.0 Å². The number of benzene rings is 1. The van der Waals surface area contributed by atoms with Gasteiger partial charge in [-0.05, 0) is 44.2 Å². The highest BCUT2D eigenvalue weighted by Gasteiger charge is 2.07. The van der Waals surface area contributed by atoms with Gasteiger partial charge in [-0.25, -0.2) is 0 Å². The number of ketones is 2. The van der Waals surface area contributed by atoms with Crippen molar-refractivity contribution in [1.82, 2.24) is 16.0 Å². The van der Waals surface area contributed by atoms with Crippen LogP contribution in [0.3, 0.4) is 0 Å². The van der Waals surface area contributed by atoms with Gasteiger partial charge in [0, 0.05) is 57.3 Å². The Morgan fingerprint density at radius 1 is 0.943 bits per heavy atom. The van der Waals surface area contributed by atoms with Crippen LogP contribution in [0.5, 0.6) is 0 Å². The van der Waals surface area contributed by atoms with E-state index in [2.05, 4.69) is 16.0 Å². The zero-order chi connectivity index (χ0) is 26.1. The fourth-order valence-electron chi connectivity index (χ4n) is 3.19. The molecule has 8 nitrogen and oxygen atoms in total. The lowest BCUT2D eigenvalue weighted by molar-refractivity contribution is -0.126. The molecule has 0 aromatic heterocycles. The predicted octanol–water partition coefficient (Wildman–Crippen LogP) is 2.85. The summed E-state index contributed by atoms with van der Waals surface area (Å²) in [7, 11) is 1.77. The second-order valence-corrected chi connectivity index (χ2v) is 8.83. The number of hydrogen-bond donors (Lipinski definition) is 3. The molecule has 1 rings (SSSR count). The van der Waals surface area contributed by atoms with Crippen molar-refractivity contribution in [3.63, 3.8) is 0 Å². The van der Waals surface area contributed by atoms with Crippen LogP contribution in [0, 0.1) is 5.92 Å². The van der Waals surface area contributed by atoms with E-state index in [9.17, 15) is 19.2 Å². The van der Waals surface area contributed by atoms with Crippen LogP contribution in [0.1, 0.15) is 64.0 Å². The quantitative estimate of drug-likeness (QED) is 0.217. The Morgan fingerprint density at radius 2 is 1.63 bits per heavy atom. The van der Waals surface area contributed by atoms with Crippen LogP contribution in [0.2, 0.25) is 0 Å². The molecule has 8 heteroatoms. The highest BCUT2D eigenvalue weighted by molar-refractivity contribution is 5.91. The Kier molecular flexibility index (Phi) is 15.0. The summed E-state index contributed by atoms with van der Waals surface area (Å²) in [6.45, 7) is 6.64. The molecule has 0 aliphatic carbocycles. The average Bonchev–Trinajstić information content (AvgIpc) is 2.82. The number of rotatable bonds is 18. The summed E-state index contributed by atoms with van der Waals surface area (Å²) in [6, 6.07) is 7.55. The molecule has 3 N–H and O–H groups in total. The van der Waals surface area contributed by atoms with E-state index in [0.29, 0.717) is 39.0 Å². The number of nitrogens with one attached hydrogen (secondary N) is 3. The monoisotopic (exact) mass is 487 g/mol.